The molecule has 1 fully saturated rings. The first-order valence-corrected chi connectivity index (χ1v) is 7.74. The molecular formula is C17H23NO4. The predicted molar refractivity (Wildman–Crippen MR) is 82.5 cm³/mol. The highest BCUT2D eigenvalue weighted by Crippen LogP contribution is 2.34. The molecule has 0 aliphatic carbocycles. The standard InChI is InChI=1S/C17H23NO4/c1-3-14(17(20)21)18-16(19)13-5-4-10-22-15(13)12-8-6-11(2)7-9-12/h6-9,13-15H,3-5,10H2,1-2H3,(H,18,19)(H,20,21). The monoisotopic (exact) mass is 305 g/mol. The molecule has 0 spiro atoms. The number of ether oxygens (including phenoxy) is 1. The Morgan fingerprint density at radius 1 is 1.36 bits per heavy atom. The maximum atomic E-state index is 12.5. The first kappa shape index (κ1) is 16.5. The lowest BCUT2D eigenvalue weighted by Gasteiger charge is -2.32. The molecule has 0 radical (unpaired) electrons. The van der Waals surface area contributed by atoms with Gasteiger partial charge in [0.05, 0.1) is 12.0 Å². The van der Waals surface area contributed by atoms with E-state index in [9.17, 15) is 9.59 Å². The van der Waals surface area contributed by atoms with E-state index in [0.717, 1.165) is 17.5 Å². The summed E-state index contributed by atoms with van der Waals surface area (Å²) in [4.78, 5) is 23.6. The van der Waals surface area contributed by atoms with Crippen molar-refractivity contribution in [2.45, 2.75) is 45.3 Å². The zero-order valence-corrected chi connectivity index (χ0v) is 13.0. The Balaban J connectivity index is 2.13. The zero-order chi connectivity index (χ0) is 16.1. The molecule has 120 valence electrons. The summed E-state index contributed by atoms with van der Waals surface area (Å²) in [7, 11) is 0. The average molecular weight is 305 g/mol. The Labute approximate surface area is 130 Å². The van der Waals surface area contributed by atoms with Crippen LogP contribution in [-0.2, 0) is 14.3 Å². The molecule has 3 unspecified atom stereocenters. The van der Waals surface area contributed by atoms with Crippen molar-refractivity contribution < 1.29 is 19.4 Å². The second-order valence-electron chi connectivity index (χ2n) is 5.76. The summed E-state index contributed by atoms with van der Waals surface area (Å²) in [5.41, 5.74) is 2.12. The Kier molecular flexibility index (Phi) is 5.55. The highest BCUT2D eigenvalue weighted by molar-refractivity contribution is 5.85. The molecule has 22 heavy (non-hydrogen) atoms. The number of amides is 1. The number of rotatable bonds is 5. The number of hydrogen-bond acceptors (Lipinski definition) is 3. The van der Waals surface area contributed by atoms with Gasteiger partial charge in [0.1, 0.15) is 6.04 Å². The molecule has 1 aliphatic heterocycles. The molecule has 1 heterocycles. The van der Waals surface area contributed by atoms with Gasteiger partial charge in [-0.3, -0.25) is 4.79 Å². The Morgan fingerprint density at radius 2 is 2.05 bits per heavy atom. The van der Waals surface area contributed by atoms with Gasteiger partial charge in [-0.1, -0.05) is 36.8 Å². The third-order valence-electron chi connectivity index (χ3n) is 4.09. The normalized spacial score (nSPS) is 22.8. The van der Waals surface area contributed by atoms with Crippen LogP contribution in [0.4, 0.5) is 0 Å². The van der Waals surface area contributed by atoms with Crippen molar-refractivity contribution in [1.82, 2.24) is 5.32 Å². The highest BCUT2D eigenvalue weighted by Gasteiger charge is 2.34. The molecule has 1 aromatic rings. The van der Waals surface area contributed by atoms with Crippen molar-refractivity contribution in [2.24, 2.45) is 5.92 Å². The van der Waals surface area contributed by atoms with Gasteiger partial charge < -0.3 is 15.2 Å². The van der Waals surface area contributed by atoms with Crippen molar-refractivity contribution in [2.75, 3.05) is 6.61 Å². The number of carbonyl (C=O) groups is 2. The van der Waals surface area contributed by atoms with Gasteiger partial charge in [0.2, 0.25) is 5.91 Å². The minimum atomic E-state index is -1.00. The van der Waals surface area contributed by atoms with Gasteiger partial charge in [-0.25, -0.2) is 4.79 Å². The van der Waals surface area contributed by atoms with Crippen molar-refractivity contribution in [3.05, 3.63) is 35.4 Å². The van der Waals surface area contributed by atoms with E-state index in [1.807, 2.05) is 31.2 Å². The second kappa shape index (κ2) is 7.40. The van der Waals surface area contributed by atoms with Crippen LogP contribution in [0.15, 0.2) is 24.3 Å². The molecule has 0 aromatic heterocycles. The third kappa shape index (κ3) is 3.85. The van der Waals surface area contributed by atoms with Gasteiger partial charge in [-0.2, -0.15) is 0 Å². The first-order chi connectivity index (χ1) is 10.5. The second-order valence-corrected chi connectivity index (χ2v) is 5.76. The van der Waals surface area contributed by atoms with Gasteiger partial charge >= 0.3 is 5.97 Å². The Morgan fingerprint density at radius 3 is 2.64 bits per heavy atom. The molecule has 1 amide bonds. The largest absolute Gasteiger partial charge is 0.480 e. The van der Waals surface area contributed by atoms with Crippen molar-refractivity contribution in [3.63, 3.8) is 0 Å². The topological polar surface area (TPSA) is 75.6 Å². The number of aryl methyl sites for hydroxylation is 1. The van der Waals surface area contributed by atoms with E-state index < -0.39 is 12.0 Å². The van der Waals surface area contributed by atoms with Gasteiger partial charge in [0, 0.05) is 6.61 Å². The summed E-state index contributed by atoms with van der Waals surface area (Å²) < 4.78 is 5.81. The maximum Gasteiger partial charge on any atom is 0.326 e. The van der Waals surface area contributed by atoms with E-state index in [0.29, 0.717) is 19.4 Å². The molecule has 2 rings (SSSR count). The number of aliphatic carboxylic acids is 1. The first-order valence-electron chi connectivity index (χ1n) is 7.74. The lowest BCUT2D eigenvalue weighted by molar-refractivity contribution is -0.145. The van der Waals surface area contributed by atoms with Crippen molar-refractivity contribution in [3.8, 4) is 0 Å². The summed E-state index contributed by atoms with van der Waals surface area (Å²) in [5, 5.41) is 11.7. The average Bonchev–Trinajstić information content (AvgIpc) is 2.53. The van der Waals surface area contributed by atoms with Crippen LogP contribution >= 0.6 is 0 Å². The van der Waals surface area contributed by atoms with E-state index in [2.05, 4.69) is 5.32 Å². The molecule has 1 aromatic carbocycles. The molecular weight excluding hydrogens is 282 g/mol. The van der Waals surface area contributed by atoms with E-state index in [4.69, 9.17) is 9.84 Å². The van der Waals surface area contributed by atoms with Crippen LogP contribution in [0.5, 0.6) is 0 Å². The molecule has 2 N–H and O–H groups in total. The maximum absolute atomic E-state index is 12.5. The Bertz CT molecular complexity index is 526. The molecule has 3 atom stereocenters. The summed E-state index contributed by atoms with van der Waals surface area (Å²) in [6.45, 7) is 4.38. The summed E-state index contributed by atoms with van der Waals surface area (Å²) >= 11 is 0. The summed E-state index contributed by atoms with van der Waals surface area (Å²) in [6, 6.07) is 7.09. The zero-order valence-electron chi connectivity index (χ0n) is 13.0. The van der Waals surface area contributed by atoms with Crippen LogP contribution in [0.3, 0.4) is 0 Å². The quantitative estimate of drug-likeness (QED) is 0.876. The van der Waals surface area contributed by atoms with Crippen LogP contribution in [0.1, 0.15) is 43.4 Å². The number of carboxylic acids is 1. The number of nitrogens with one attached hydrogen (secondary N) is 1. The molecule has 5 nitrogen and oxygen atoms in total. The minimum absolute atomic E-state index is 0.237. The van der Waals surface area contributed by atoms with Crippen LogP contribution in [-0.4, -0.2) is 29.6 Å². The van der Waals surface area contributed by atoms with Gasteiger partial charge in [0.25, 0.3) is 0 Å². The number of carboxylic acid groups (broad SMARTS) is 1. The van der Waals surface area contributed by atoms with E-state index in [-0.39, 0.29) is 17.9 Å². The highest BCUT2D eigenvalue weighted by atomic mass is 16.5. The number of carbonyl (C=O) groups excluding carboxylic acids is 1. The van der Waals surface area contributed by atoms with E-state index in [1.165, 1.54) is 0 Å². The SMILES string of the molecule is CCC(NC(=O)C1CCCOC1c1ccc(C)cc1)C(=O)O. The van der Waals surface area contributed by atoms with Gasteiger partial charge in [-0.05, 0) is 31.7 Å². The van der Waals surface area contributed by atoms with Gasteiger partial charge in [-0.15, -0.1) is 0 Å². The van der Waals surface area contributed by atoms with Crippen LogP contribution < -0.4 is 5.32 Å². The van der Waals surface area contributed by atoms with Crippen LogP contribution in [0, 0.1) is 12.8 Å². The predicted octanol–water partition coefficient (Wildman–Crippen LogP) is 2.44. The van der Waals surface area contributed by atoms with Crippen molar-refractivity contribution >= 4 is 11.9 Å². The lowest BCUT2D eigenvalue weighted by Crippen LogP contribution is -2.45. The van der Waals surface area contributed by atoms with Crippen molar-refractivity contribution in [1.29, 1.82) is 0 Å². The molecule has 0 saturated carbocycles. The number of hydrogen-bond donors (Lipinski definition) is 2. The molecule has 5 heteroatoms. The fourth-order valence-corrected chi connectivity index (χ4v) is 2.75. The molecule has 0 bridgehead atoms. The van der Waals surface area contributed by atoms with Gasteiger partial charge in [0.15, 0.2) is 0 Å². The molecule has 1 saturated heterocycles. The minimum Gasteiger partial charge on any atom is -0.480 e. The Hall–Kier alpha value is -1.88. The third-order valence-corrected chi connectivity index (χ3v) is 4.09. The summed E-state index contributed by atoms with van der Waals surface area (Å²) in [6.07, 6.45) is 1.58. The summed E-state index contributed by atoms with van der Waals surface area (Å²) in [5.74, 6) is -1.58. The smallest absolute Gasteiger partial charge is 0.326 e. The molecule has 1 aliphatic rings. The van der Waals surface area contributed by atoms with E-state index >= 15 is 0 Å². The van der Waals surface area contributed by atoms with Crippen LogP contribution in [0.2, 0.25) is 0 Å². The lowest BCUT2D eigenvalue weighted by atomic mass is 9.88. The van der Waals surface area contributed by atoms with E-state index in [1.54, 1.807) is 6.92 Å². The fourth-order valence-electron chi connectivity index (χ4n) is 2.75. The number of benzene rings is 1. The van der Waals surface area contributed by atoms with Crippen LogP contribution in [0.25, 0.3) is 0 Å². The fraction of sp³-hybridized carbons (Fsp3) is 0.529.